The van der Waals surface area contributed by atoms with Gasteiger partial charge in [0.2, 0.25) is 0 Å². The summed E-state index contributed by atoms with van der Waals surface area (Å²) in [6.07, 6.45) is 1.91. The minimum Gasteiger partial charge on any atom is -0.370 e. The summed E-state index contributed by atoms with van der Waals surface area (Å²) in [6.45, 7) is 2.41. The summed E-state index contributed by atoms with van der Waals surface area (Å²) in [6, 6.07) is 13.7. The summed E-state index contributed by atoms with van der Waals surface area (Å²) in [5.41, 5.74) is 8.79. The maximum atomic E-state index is 5.89. The summed E-state index contributed by atoms with van der Waals surface area (Å²) in [5, 5.41) is 11.2. The van der Waals surface area contributed by atoms with E-state index in [4.69, 9.17) is 5.73 Å². The van der Waals surface area contributed by atoms with Gasteiger partial charge in [0.05, 0.1) is 0 Å². The summed E-state index contributed by atoms with van der Waals surface area (Å²) < 4.78 is 1.89. The van der Waals surface area contributed by atoms with Gasteiger partial charge in [-0.05, 0) is 31.2 Å². The van der Waals surface area contributed by atoms with E-state index >= 15 is 0 Å². The monoisotopic (exact) mass is 408 g/mol. The summed E-state index contributed by atoms with van der Waals surface area (Å²) in [4.78, 5) is 4.29. The Hall–Kier alpha value is -2.16. The first-order valence-corrected chi connectivity index (χ1v) is 6.64. The highest BCUT2D eigenvalue weighted by Crippen LogP contribution is 2.08. The lowest BCUT2D eigenvalue weighted by molar-refractivity contribution is 0.881. The molecule has 7 heteroatoms. The zero-order chi connectivity index (χ0) is 14.7. The first-order chi connectivity index (χ1) is 10.2. The fourth-order valence-electron chi connectivity index (χ4n) is 1.98. The fraction of sp³-hybridized carbons (Fsp3) is 0.133. The van der Waals surface area contributed by atoms with Crippen LogP contribution in [0.5, 0.6) is 0 Å². The van der Waals surface area contributed by atoms with Crippen LogP contribution in [-0.4, -0.2) is 20.6 Å². The van der Waals surface area contributed by atoms with E-state index in [1.807, 2.05) is 60.0 Å². The van der Waals surface area contributed by atoms with Crippen LogP contribution in [0.3, 0.4) is 0 Å². The molecule has 2 aromatic heterocycles. The van der Waals surface area contributed by atoms with E-state index in [2.05, 4.69) is 20.5 Å². The van der Waals surface area contributed by atoms with Crippen molar-refractivity contribution in [2.45, 2.75) is 13.5 Å². The van der Waals surface area contributed by atoms with Crippen LogP contribution in [0.15, 0.2) is 53.7 Å². The van der Waals surface area contributed by atoms with Gasteiger partial charge in [-0.25, -0.2) is 4.99 Å². The maximum absolute atomic E-state index is 5.89. The van der Waals surface area contributed by atoms with Gasteiger partial charge in [-0.2, -0.15) is 0 Å². The second-order valence-corrected chi connectivity index (χ2v) is 4.74. The van der Waals surface area contributed by atoms with E-state index in [1.54, 1.807) is 0 Å². The largest absolute Gasteiger partial charge is 0.370 e. The van der Waals surface area contributed by atoms with Crippen molar-refractivity contribution in [2.24, 2.45) is 10.7 Å². The van der Waals surface area contributed by atoms with Gasteiger partial charge < -0.3 is 11.1 Å². The SMILES string of the molecule is Cc1ccc(NC(N)=NCc2nnc3ccccn23)cc1.I. The van der Waals surface area contributed by atoms with E-state index in [0.29, 0.717) is 12.5 Å². The van der Waals surface area contributed by atoms with Gasteiger partial charge in [-0.15, -0.1) is 34.2 Å². The number of rotatable bonds is 3. The molecule has 0 radical (unpaired) electrons. The van der Waals surface area contributed by atoms with Crippen LogP contribution in [0.25, 0.3) is 5.65 Å². The van der Waals surface area contributed by atoms with Crippen molar-refractivity contribution in [2.75, 3.05) is 5.32 Å². The van der Waals surface area contributed by atoms with Gasteiger partial charge in [0.1, 0.15) is 6.54 Å². The van der Waals surface area contributed by atoms with Gasteiger partial charge in [0.25, 0.3) is 0 Å². The Morgan fingerprint density at radius 2 is 1.95 bits per heavy atom. The standard InChI is InChI=1S/C15H16N6.HI/c1-11-5-7-12(8-6-11)18-15(16)17-10-14-20-19-13-4-2-3-9-21(13)14;/h2-9H,10H2,1H3,(H3,16,17,18);1H. The zero-order valence-electron chi connectivity index (χ0n) is 12.1. The molecule has 3 aromatic rings. The average molecular weight is 408 g/mol. The lowest BCUT2D eigenvalue weighted by Gasteiger charge is -2.05. The molecule has 114 valence electrons. The molecular weight excluding hydrogens is 391 g/mol. The Kier molecular flexibility index (Phi) is 5.31. The van der Waals surface area contributed by atoms with Crippen LogP contribution in [0.4, 0.5) is 5.69 Å². The molecular formula is C15H17IN6. The zero-order valence-corrected chi connectivity index (χ0v) is 14.4. The van der Waals surface area contributed by atoms with Gasteiger partial charge in [-0.3, -0.25) is 4.40 Å². The molecule has 2 heterocycles. The third-order valence-corrected chi connectivity index (χ3v) is 3.10. The number of hydrogen-bond acceptors (Lipinski definition) is 3. The minimum absolute atomic E-state index is 0. The van der Waals surface area contributed by atoms with Crippen LogP contribution in [0.2, 0.25) is 0 Å². The van der Waals surface area contributed by atoms with Crippen molar-refractivity contribution in [1.29, 1.82) is 0 Å². The Morgan fingerprint density at radius 1 is 1.18 bits per heavy atom. The predicted molar refractivity (Wildman–Crippen MR) is 98.5 cm³/mol. The van der Waals surface area contributed by atoms with E-state index in [1.165, 1.54) is 5.56 Å². The number of anilines is 1. The molecule has 0 fully saturated rings. The van der Waals surface area contributed by atoms with Gasteiger partial charge >= 0.3 is 0 Å². The smallest absolute Gasteiger partial charge is 0.193 e. The Balaban J connectivity index is 0.00000176. The third kappa shape index (κ3) is 3.73. The van der Waals surface area contributed by atoms with Crippen molar-refractivity contribution >= 4 is 41.3 Å². The van der Waals surface area contributed by atoms with Gasteiger partial charge in [0.15, 0.2) is 17.4 Å². The van der Waals surface area contributed by atoms with Gasteiger partial charge in [0, 0.05) is 11.9 Å². The molecule has 0 spiro atoms. The van der Waals surface area contributed by atoms with Crippen molar-refractivity contribution < 1.29 is 0 Å². The van der Waals surface area contributed by atoms with Gasteiger partial charge in [-0.1, -0.05) is 23.8 Å². The number of guanidine groups is 1. The molecule has 0 atom stereocenters. The van der Waals surface area contributed by atoms with Crippen LogP contribution >= 0.6 is 24.0 Å². The number of aliphatic imine (C=N–C) groups is 1. The summed E-state index contributed by atoms with van der Waals surface area (Å²) >= 11 is 0. The molecule has 0 aliphatic carbocycles. The summed E-state index contributed by atoms with van der Waals surface area (Å²) in [7, 11) is 0. The number of halogens is 1. The molecule has 0 saturated carbocycles. The molecule has 1 aromatic carbocycles. The van der Waals surface area contributed by atoms with E-state index in [9.17, 15) is 0 Å². The van der Waals surface area contributed by atoms with Crippen LogP contribution in [0, 0.1) is 6.92 Å². The molecule has 0 aliphatic rings. The lowest BCUT2D eigenvalue weighted by atomic mass is 10.2. The Bertz CT molecular complexity index is 778. The highest BCUT2D eigenvalue weighted by molar-refractivity contribution is 14.0. The molecule has 22 heavy (non-hydrogen) atoms. The molecule has 0 saturated heterocycles. The number of nitrogens with two attached hydrogens (primary N) is 1. The molecule has 0 aliphatic heterocycles. The van der Waals surface area contributed by atoms with Crippen LogP contribution in [0.1, 0.15) is 11.4 Å². The van der Waals surface area contributed by atoms with Crippen molar-refractivity contribution in [1.82, 2.24) is 14.6 Å². The molecule has 6 nitrogen and oxygen atoms in total. The fourth-order valence-corrected chi connectivity index (χ4v) is 1.98. The van der Waals surface area contributed by atoms with E-state index in [-0.39, 0.29) is 24.0 Å². The van der Waals surface area contributed by atoms with Crippen molar-refractivity contribution in [3.05, 3.63) is 60.0 Å². The third-order valence-electron chi connectivity index (χ3n) is 3.10. The second kappa shape index (κ2) is 7.21. The number of aromatic nitrogens is 3. The second-order valence-electron chi connectivity index (χ2n) is 4.74. The highest BCUT2D eigenvalue weighted by Gasteiger charge is 2.03. The van der Waals surface area contributed by atoms with E-state index < -0.39 is 0 Å². The maximum Gasteiger partial charge on any atom is 0.193 e. The number of nitrogens with zero attached hydrogens (tertiary/aromatic N) is 4. The number of benzene rings is 1. The predicted octanol–water partition coefficient (Wildman–Crippen LogP) is 2.58. The number of hydrogen-bond donors (Lipinski definition) is 2. The van der Waals surface area contributed by atoms with E-state index in [0.717, 1.165) is 17.2 Å². The topological polar surface area (TPSA) is 80.6 Å². The highest BCUT2D eigenvalue weighted by atomic mass is 127. The number of pyridine rings is 1. The summed E-state index contributed by atoms with van der Waals surface area (Å²) in [5.74, 6) is 1.10. The average Bonchev–Trinajstić information content (AvgIpc) is 2.91. The van der Waals surface area contributed by atoms with Crippen molar-refractivity contribution in [3.8, 4) is 0 Å². The molecule has 0 bridgehead atoms. The quantitative estimate of drug-likeness (QED) is 0.397. The number of aryl methyl sites for hydroxylation is 1. The lowest BCUT2D eigenvalue weighted by Crippen LogP contribution is -2.22. The Morgan fingerprint density at radius 3 is 2.73 bits per heavy atom. The molecule has 0 amide bonds. The molecule has 0 unspecified atom stereocenters. The number of nitrogens with one attached hydrogen (secondary N) is 1. The molecule has 3 rings (SSSR count). The normalized spacial score (nSPS) is 11.2. The minimum atomic E-state index is 0. The first-order valence-electron chi connectivity index (χ1n) is 6.64. The van der Waals surface area contributed by atoms with Crippen LogP contribution in [-0.2, 0) is 6.54 Å². The number of fused-ring (bicyclic) bond motifs is 1. The first kappa shape index (κ1) is 16.2. The van der Waals surface area contributed by atoms with Crippen LogP contribution < -0.4 is 11.1 Å². The molecule has 3 N–H and O–H groups in total. The Labute approximate surface area is 145 Å². The van der Waals surface area contributed by atoms with Crippen molar-refractivity contribution in [3.63, 3.8) is 0 Å².